The van der Waals surface area contributed by atoms with E-state index in [2.05, 4.69) is 63.9 Å². The summed E-state index contributed by atoms with van der Waals surface area (Å²) < 4.78 is 4.63. The number of thiophene rings is 1. The number of rotatable bonds is 7. The molecule has 0 amide bonds. The first-order chi connectivity index (χ1) is 11.2. The molecule has 0 spiro atoms. The maximum Gasteiger partial charge on any atom is 0.138 e. The van der Waals surface area contributed by atoms with Crippen molar-refractivity contribution in [3.05, 3.63) is 67.8 Å². The standard InChI is InChI=1S/C17H18ClN3S2/c1-13-7-8-15(22-13)11-21(12-16-17(18)23-20-19-16)10-9-14-5-3-2-4-6-14/h2-8H,9-12H2,1H3. The highest BCUT2D eigenvalue weighted by Crippen LogP contribution is 2.22. The molecule has 0 saturated carbocycles. The predicted octanol–water partition coefficient (Wildman–Crippen LogP) is 4.81. The molecule has 0 N–H and O–H groups in total. The van der Waals surface area contributed by atoms with E-state index in [1.807, 2.05) is 11.3 Å². The van der Waals surface area contributed by atoms with Gasteiger partial charge in [-0.15, -0.1) is 16.4 Å². The summed E-state index contributed by atoms with van der Waals surface area (Å²) >= 11 is 9.28. The molecule has 0 aliphatic rings. The van der Waals surface area contributed by atoms with Crippen LogP contribution in [0.5, 0.6) is 0 Å². The van der Waals surface area contributed by atoms with E-state index in [1.165, 1.54) is 26.9 Å². The van der Waals surface area contributed by atoms with Crippen LogP contribution in [0.25, 0.3) is 0 Å². The highest BCUT2D eigenvalue weighted by molar-refractivity contribution is 7.11. The van der Waals surface area contributed by atoms with Gasteiger partial charge in [-0.2, -0.15) is 0 Å². The van der Waals surface area contributed by atoms with Gasteiger partial charge < -0.3 is 0 Å². The van der Waals surface area contributed by atoms with Crippen LogP contribution in [-0.4, -0.2) is 21.0 Å². The summed E-state index contributed by atoms with van der Waals surface area (Å²) in [6, 6.07) is 14.9. The quantitative estimate of drug-likeness (QED) is 0.603. The number of nitrogens with zero attached hydrogens (tertiary/aromatic N) is 3. The third-order valence-electron chi connectivity index (χ3n) is 3.62. The van der Waals surface area contributed by atoms with Gasteiger partial charge >= 0.3 is 0 Å². The van der Waals surface area contributed by atoms with Crippen LogP contribution < -0.4 is 0 Å². The molecule has 0 aliphatic heterocycles. The summed E-state index contributed by atoms with van der Waals surface area (Å²) in [6.45, 7) is 4.76. The maximum absolute atomic E-state index is 6.18. The van der Waals surface area contributed by atoms with Crippen LogP contribution in [-0.2, 0) is 19.5 Å². The summed E-state index contributed by atoms with van der Waals surface area (Å²) in [4.78, 5) is 5.10. The van der Waals surface area contributed by atoms with Crippen molar-refractivity contribution in [3.8, 4) is 0 Å². The lowest BCUT2D eigenvalue weighted by molar-refractivity contribution is 0.259. The molecule has 0 saturated heterocycles. The molecule has 0 fully saturated rings. The SMILES string of the molecule is Cc1ccc(CN(CCc2ccccc2)Cc2nnsc2Cl)s1. The van der Waals surface area contributed by atoms with Crippen molar-refractivity contribution in [2.45, 2.75) is 26.4 Å². The molecule has 0 atom stereocenters. The molecule has 0 radical (unpaired) electrons. The number of aryl methyl sites for hydroxylation is 1. The number of aromatic nitrogens is 2. The van der Waals surface area contributed by atoms with E-state index in [9.17, 15) is 0 Å². The lowest BCUT2D eigenvalue weighted by atomic mass is 10.1. The van der Waals surface area contributed by atoms with Crippen molar-refractivity contribution in [1.29, 1.82) is 0 Å². The second-order valence-corrected chi connectivity index (χ2v) is 8.18. The Morgan fingerprint density at radius 3 is 2.57 bits per heavy atom. The molecule has 6 heteroatoms. The van der Waals surface area contributed by atoms with Crippen LogP contribution in [0.1, 0.15) is 21.0 Å². The predicted molar refractivity (Wildman–Crippen MR) is 98.2 cm³/mol. The smallest absolute Gasteiger partial charge is 0.138 e. The fourth-order valence-corrected chi connectivity index (χ4v) is 3.98. The average Bonchev–Trinajstić information content (AvgIpc) is 3.15. The summed E-state index contributed by atoms with van der Waals surface area (Å²) in [6.07, 6.45) is 1.01. The Hall–Kier alpha value is -1.27. The van der Waals surface area contributed by atoms with Gasteiger partial charge in [0.15, 0.2) is 0 Å². The van der Waals surface area contributed by atoms with Gasteiger partial charge in [-0.25, -0.2) is 0 Å². The van der Waals surface area contributed by atoms with E-state index in [1.54, 1.807) is 0 Å². The highest BCUT2D eigenvalue weighted by atomic mass is 35.5. The molecule has 120 valence electrons. The average molecular weight is 364 g/mol. The van der Waals surface area contributed by atoms with Crippen LogP contribution in [0.2, 0.25) is 4.34 Å². The van der Waals surface area contributed by atoms with Crippen LogP contribution in [0.4, 0.5) is 0 Å². The van der Waals surface area contributed by atoms with Crippen molar-refractivity contribution in [3.63, 3.8) is 0 Å². The minimum absolute atomic E-state index is 0.692. The van der Waals surface area contributed by atoms with Gasteiger partial charge in [0.1, 0.15) is 10.0 Å². The van der Waals surface area contributed by atoms with E-state index in [0.29, 0.717) is 4.34 Å². The van der Waals surface area contributed by atoms with E-state index in [-0.39, 0.29) is 0 Å². The number of benzene rings is 1. The lowest BCUT2D eigenvalue weighted by Gasteiger charge is -2.20. The summed E-state index contributed by atoms with van der Waals surface area (Å²) in [5, 5.41) is 4.16. The van der Waals surface area contributed by atoms with E-state index in [0.717, 1.165) is 31.7 Å². The molecule has 1 aromatic carbocycles. The molecule has 23 heavy (non-hydrogen) atoms. The Kier molecular flexibility index (Phi) is 5.78. The van der Waals surface area contributed by atoms with Crippen molar-refractivity contribution in [1.82, 2.24) is 14.5 Å². The fraction of sp³-hybridized carbons (Fsp3) is 0.294. The van der Waals surface area contributed by atoms with Crippen LogP contribution in [0.15, 0.2) is 42.5 Å². The van der Waals surface area contributed by atoms with Gasteiger partial charge in [0.2, 0.25) is 0 Å². The summed E-state index contributed by atoms with van der Waals surface area (Å²) in [7, 11) is 0. The molecule has 3 aromatic rings. The molecule has 2 heterocycles. The Balaban J connectivity index is 1.68. The molecule has 0 bridgehead atoms. The second-order valence-electron chi connectivity index (χ2n) is 5.45. The second kappa shape index (κ2) is 8.02. The molecule has 3 nitrogen and oxygen atoms in total. The van der Waals surface area contributed by atoms with Crippen molar-refractivity contribution in [2.24, 2.45) is 0 Å². The van der Waals surface area contributed by atoms with Crippen molar-refractivity contribution >= 4 is 34.5 Å². The van der Waals surface area contributed by atoms with Crippen molar-refractivity contribution < 1.29 is 0 Å². The van der Waals surface area contributed by atoms with Gasteiger partial charge in [0.25, 0.3) is 0 Å². The minimum Gasteiger partial charge on any atom is -0.292 e. The van der Waals surface area contributed by atoms with Crippen molar-refractivity contribution in [2.75, 3.05) is 6.54 Å². The molecular formula is C17H18ClN3S2. The van der Waals surface area contributed by atoms with Crippen LogP contribution in [0.3, 0.4) is 0 Å². The summed E-state index contributed by atoms with van der Waals surface area (Å²) in [5.74, 6) is 0. The maximum atomic E-state index is 6.18. The molecular weight excluding hydrogens is 346 g/mol. The van der Waals surface area contributed by atoms with Gasteiger partial charge in [-0.05, 0) is 31.0 Å². The van der Waals surface area contributed by atoms with E-state index >= 15 is 0 Å². The van der Waals surface area contributed by atoms with E-state index in [4.69, 9.17) is 11.6 Å². The highest BCUT2D eigenvalue weighted by Gasteiger charge is 2.13. The Morgan fingerprint density at radius 1 is 1.09 bits per heavy atom. The van der Waals surface area contributed by atoms with Crippen LogP contribution in [0, 0.1) is 6.92 Å². The first-order valence-electron chi connectivity index (χ1n) is 7.49. The largest absolute Gasteiger partial charge is 0.292 e. The first kappa shape index (κ1) is 16.6. The third kappa shape index (κ3) is 4.85. The Morgan fingerprint density at radius 2 is 1.91 bits per heavy atom. The summed E-state index contributed by atoms with van der Waals surface area (Å²) in [5.41, 5.74) is 2.22. The van der Waals surface area contributed by atoms with Gasteiger partial charge in [-0.3, -0.25) is 4.90 Å². The van der Waals surface area contributed by atoms with Gasteiger partial charge in [0, 0.05) is 40.9 Å². The normalized spacial score (nSPS) is 11.3. The molecule has 2 aromatic heterocycles. The zero-order chi connectivity index (χ0) is 16.1. The zero-order valence-corrected chi connectivity index (χ0v) is 15.3. The first-order valence-corrected chi connectivity index (χ1v) is 9.46. The molecule has 3 rings (SSSR count). The third-order valence-corrected chi connectivity index (χ3v) is 5.59. The number of hydrogen-bond acceptors (Lipinski definition) is 5. The number of halogens is 1. The Labute approximate surface area is 149 Å². The number of hydrogen-bond donors (Lipinski definition) is 0. The fourth-order valence-electron chi connectivity index (χ4n) is 2.44. The molecule has 0 aliphatic carbocycles. The monoisotopic (exact) mass is 363 g/mol. The zero-order valence-electron chi connectivity index (χ0n) is 12.9. The van der Waals surface area contributed by atoms with E-state index < -0.39 is 0 Å². The van der Waals surface area contributed by atoms with Gasteiger partial charge in [0.05, 0.1) is 0 Å². The lowest BCUT2D eigenvalue weighted by Crippen LogP contribution is -2.25. The van der Waals surface area contributed by atoms with Crippen LogP contribution >= 0.6 is 34.5 Å². The topological polar surface area (TPSA) is 29.0 Å². The molecule has 0 unspecified atom stereocenters. The minimum atomic E-state index is 0.692. The Bertz CT molecular complexity index is 739. The van der Waals surface area contributed by atoms with Gasteiger partial charge in [-0.1, -0.05) is 46.4 Å².